The van der Waals surface area contributed by atoms with E-state index in [0.29, 0.717) is 6.29 Å². The van der Waals surface area contributed by atoms with Crippen LogP contribution in [0.25, 0.3) is 0 Å². The Labute approximate surface area is 143 Å². The smallest absolute Gasteiger partial charge is 0.205 e. The van der Waals surface area contributed by atoms with Gasteiger partial charge in [-0.15, -0.1) is 0 Å². The zero-order valence-corrected chi connectivity index (χ0v) is 14.5. The Balaban J connectivity index is 0.000000882. The molecule has 0 aliphatic carbocycles. The average molecular weight is 372 g/mol. The Morgan fingerprint density at radius 3 is 2.27 bits per heavy atom. The van der Waals surface area contributed by atoms with Gasteiger partial charge in [-0.25, -0.2) is 9.80 Å². The first-order chi connectivity index (χ1) is 9.87. The van der Waals surface area contributed by atoms with Crippen LogP contribution in [0.5, 0.6) is 5.75 Å². The number of quaternary nitrogens is 1. The van der Waals surface area contributed by atoms with E-state index in [1.54, 1.807) is 0 Å². The molecule has 3 aliphatic rings. The van der Waals surface area contributed by atoms with Crippen LogP contribution in [0.1, 0.15) is 6.42 Å². The van der Waals surface area contributed by atoms with Gasteiger partial charge in [-0.1, -0.05) is 18.2 Å². The summed E-state index contributed by atoms with van der Waals surface area (Å²) in [5.41, 5.74) is 0. The maximum atomic E-state index is 5.84. The van der Waals surface area contributed by atoms with Gasteiger partial charge in [0.05, 0.1) is 39.3 Å². The lowest BCUT2D eigenvalue weighted by Crippen LogP contribution is -3.00. The molecule has 3 saturated heterocycles. The summed E-state index contributed by atoms with van der Waals surface area (Å²) < 4.78 is 7.15. The highest BCUT2D eigenvalue weighted by atomic mass is 79.9. The summed E-state index contributed by atoms with van der Waals surface area (Å²) in [6.45, 7) is 9.94. The topological polar surface area (TPSA) is 47.2 Å². The molecule has 1 aromatic carbocycles. The van der Waals surface area contributed by atoms with E-state index in [1.807, 2.05) is 30.3 Å². The number of hydrogen-bond donors (Lipinski definition) is 0. The SMILES string of the molecule is O.[Br-].c1ccc(OCCC[N+]23CCN4CCN(CC2)C43)cc1. The predicted octanol–water partition coefficient (Wildman–Crippen LogP) is -2.62. The van der Waals surface area contributed by atoms with E-state index in [-0.39, 0.29) is 22.5 Å². The van der Waals surface area contributed by atoms with Gasteiger partial charge in [0.2, 0.25) is 6.29 Å². The summed E-state index contributed by atoms with van der Waals surface area (Å²) in [6, 6.07) is 10.2. The van der Waals surface area contributed by atoms with E-state index in [4.69, 9.17) is 4.74 Å². The number of hydrogen-bond acceptors (Lipinski definition) is 3. The van der Waals surface area contributed by atoms with Gasteiger partial charge in [-0.05, 0) is 12.1 Å². The molecule has 0 aromatic heterocycles. The van der Waals surface area contributed by atoms with Crippen LogP contribution in [0.4, 0.5) is 0 Å². The van der Waals surface area contributed by atoms with E-state index in [9.17, 15) is 0 Å². The highest BCUT2D eigenvalue weighted by molar-refractivity contribution is 5.20. The molecule has 4 rings (SSSR count). The molecule has 124 valence electrons. The lowest BCUT2D eigenvalue weighted by molar-refractivity contribution is -0.936. The predicted molar refractivity (Wildman–Crippen MR) is 82.0 cm³/mol. The molecular formula is C16H26BrN3O2. The lowest BCUT2D eigenvalue weighted by Gasteiger charge is -2.34. The highest BCUT2D eigenvalue weighted by Gasteiger charge is 2.56. The van der Waals surface area contributed by atoms with Crippen molar-refractivity contribution in [1.82, 2.24) is 9.80 Å². The van der Waals surface area contributed by atoms with Crippen molar-refractivity contribution in [2.24, 2.45) is 0 Å². The van der Waals surface area contributed by atoms with Gasteiger partial charge in [-0.2, -0.15) is 0 Å². The van der Waals surface area contributed by atoms with Crippen molar-refractivity contribution >= 4 is 0 Å². The first-order valence-electron chi connectivity index (χ1n) is 7.89. The van der Waals surface area contributed by atoms with Crippen LogP contribution in [0, 0.1) is 0 Å². The van der Waals surface area contributed by atoms with Crippen LogP contribution in [0.3, 0.4) is 0 Å². The normalized spacial score (nSPS) is 29.7. The van der Waals surface area contributed by atoms with Crippen molar-refractivity contribution in [2.75, 3.05) is 52.4 Å². The molecule has 0 amide bonds. The molecule has 5 nitrogen and oxygen atoms in total. The molecule has 3 aliphatic heterocycles. The van der Waals surface area contributed by atoms with Gasteiger partial charge in [0.25, 0.3) is 0 Å². The number of benzene rings is 1. The quantitative estimate of drug-likeness (QED) is 0.420. The number of halogens is 1. The zero-order chi connectivity index (χ0) is 13.4. The fourth-order valence-corrected chi connectivity index (χ4v) is 4.29. The van der Waals surface area contributed by atoms with Crippen molar-refractivity contribution in [3.8, 4) is 5.75 Å². The van der Waals surface area contributed by atoms with Gasteiger partial charge in [0.1, 0.15) is 5.75 Å². The van der Waals surface area contributed by atoms with E-state index >= 15 is 0 Å². The van der Waals surface area contributed by atoms with Crippen LogP contribution < -0.4 is 21.7 Å². The van der Waals surface area contributed by atoms with Gasteiger partial charge in [-0.3, -0.25) is 4.48 Å². The Bertz CT molecular complexity index is 458. The van der Waals surface area contributed by atoms with Crippen molar-refractivity contribution in [3.63, 3.8) is 0 Å². The minimum absolute atomic E-state index is 0. The maximum absolute atomic E-state index is 5.84. The highest BCUT2D eigenvalue weighted by Crippen LogP contribution is 2.35. The first kappa shape index (κ1) is 17.7. The monoisotopic (exact) mass is 371 g/mol. The molecule has 3 heterocycles. The second-order valence-electron chi connectivity index (χ2n) is 6.32. The lowest BCUT2D eigenvalue weighted by atomic mass is 10.3. The third-order valence-corrected chi connectivity index (χ3v) is 5.24. The second kappa shape index (κ2) is 7.27. The number of nitrogens with zero attached hydrogens (tertiary/aromatic N) is 3. The molecule has 6 heteroatoms. The second-order valence-corrected chi connectivity index (χ2v) is 6.32. The fourth-order valence-electron chi connectivity index (χ4n) is 4.29. The largest absolute Gasteiger partial charge is 1.00 e. The molecule has 1 aromatic rings. The van der Waals surface area contributed by atoms with Gasteiger partial charge in [0.15, 0.2) is 0 Å². The molecule has 3 fully saturated rings. The van der Waals surface area contributed by atoms with Gasteiger partial charge in [0, 0.05) is 19.5 Å². The van der Waals surface area contributed by atoms with Crippen molar-refractivity contribution in [2.45, 2.75) is 12.7 Å². The summed E-state index contributed by atoms with van der Waals surface area (Å²) >= 11 is 0. The Kier molecular flexibility index (Phi) is 5.85. The average Bonchev–Trinajstić information content (AvgIpc) is 3.14. The van der Waals surface area contributed by atoms with E-state index in [1.165, 1.54) is 50.3 Å². The van der Waals surface area contributed by atoms with Crippen molar-refractivity contribution in [1.29, 1.82) is 0 Å². The summed E-state index contributed by atoms with van der Waals surface area (Å²) in [5.74, 6) is 1.000. The van der Waals surface area contributed by atoms with Crippen LogP contribution in [-0.4, -0.2) is 78.5 Å². The molecule has 0 unspecified atom stereocenters. The van der Waals surface area contributed by atoms with E-state index in [2.05, 4.69) is 9.80 Å². The number of ether oxygens (including phenoxy) is 1. The maximum Gasteiger partial charge on any atom is 0.205 e. The van der Waals surface area contributed by atoms with Crippen LogP contribution in [0.2, 0.25) is 0 Å². The Morgan fingerprint density at radius 2 is 1.64 bits per heavy atom. The summed E-state index contributed by atoms with van der Waals surface area (Å²) in [7, 11) is 0. The van der Waals surface area contributed by atoms with E-state index in [0.717, 1.165) is 18.8 Å². The molecule has 2 N–H and O–H groups in total. The molecule has 0 atom stereocenters. The zero-order valence-electron chi connectivity index (χ0n) is 13.0. The minimum Gasteiger partial charge on any atom is -1.00 e. The molecule has 22 heavy (non-hydrogen) atoms. The molecule has 0 radical (unpaired) electrons. The third-order valence-electron chi connectivity index (χ3n) is 5.24. The van der Waals surface area contributed by atoms with Crippen LogP contribution >= 0.6 is 0 Å². The fraction of sp³-hybridized carbons (Fsp3) is 0.625. The van der Waals surface area contributed by atoms with Gasteiger partial charge < -0.3 is 27.2 Å². The molecule has 0 saturated carbocycles. The minimum atomic E-state index is 0. The summed E-state index contributed by atoms with van der Waals surface area (Å²) in [4.78, 5) is 5.37. The number of rotatable bonds is 5. The van der Waals surface area contributed by atoms with Crippen molar-refractivity contribution in [3.05, 3.63) is 30.3 Å². The Morgan fingerprint density at radius 1 is 1.00 bits per heavy atom. The van der Waals surface area contributed by atoms with Crippen LogP contribution in [-0.2, 0) is 0 Å². The molecule has 0 bridgehead atoms. The number of para-hydroxylation sites is 1. The first-order valence-corrected chi connectivity index (χ1v) is 7.89. The Hall–Kier alpha value is -0.660. The van der Waals surface area contributed by atoms with Gasteiger partial charge >= 0.3 is 0 Å². The third kappa shape index (κ3) is 3.03. The van der Waals surface area contributed by atoms with E-state index < -0.39 is 0 Å². The molecular weight excluding hydrogens is 346 g/mol. The van der Waals surface area contributed by atoms with Crippen molar-refractivity contribution < 1.29 is 31.7 Å². The standard InChI is InChI=1S/C16H24N3O.BrH.H2O/c1-2-5-15(6-3-1)20-14-4-11-19-12-9-17-7-8-18(10-13-19)16(17)19;;/h1-3,5-6,16H,4,7-14H2;1H;1H2/q+1;;/p-1. The summed E-state index contributed by atoms with van der Waals surface area (Å²) in [6.07, 6.45) is 1.86. The van der Waals surface area contributed by atoms with Crippen LogP contribution in [0.15, 0.2) is 30.3 Å². The molecule has 0 spiro atoms. The summed E-state index contributed by atoms with van der Waals surface area (Å²) in [5, 5.41) is 0.